The second-order valence-corrected chi connectivity index (χ2v) is 8.28. The molecule has 0 bridgehead atoms. The van der Waals surface area contributed by atoms with Gasteiger partial charge in [0.25, 0.3) is 5.69 Å². The van der Waals surface area contributed by atoms with Crippen molar-refractivity contribution in [1.29, 1.82) is 0 Å². The lowest BCUT2D eigenvalue weighted by Gasteiger charge is -2.06. The van der Waals surface area contributed by atoms with Gasteiger partial charge in [-0.25, -0.2) is 9.78 Å². The van der Waals surface area contributed by atoms with Gasteiger partial charge < -0.3 is 15.7 Å². The summed E-state index contributed by atoms with van der Waals surface area (Å²) >= 11 is 2.45. The normalized spacial score (nSPS) is 10.7. The van der Waals surface area contributed by atoms with Crippen LogP contribution in [0.25, 0.3) is 11.3 Å². The lowest BCUT2D eigenvalue weighted by atomic mass is 10.1. The molecule has 0 saturated heterocycles. The molecule has 10 nitrogen and oxygen atoms in total. The molecule has 1 heterocycles. The van der Waals surface area contributed by atoms with Crippen LogP contribution in [-0.4, -0.2) is 38.6 Å². The number of carboxylic acids is 1. The summed E-state index contributed by atoms with van der Waals surface area (Å²) in [4.78, 5) is 49.9. The van der Waals surface area contributed by atoms with Crippen LogP contribution in [0.4, 0.5) is 16.5 Å². The van der Waals surface area contributed by atoms with Gasteiger partial charge in [0.15, 0.2) is 5.13 Å². The highest BCUT2D eigenvalue weighted by Gasteiger charge is 2.12. The Morgan fingerprint density at radius 1 is 1.12 bits per heavy atom. The summed E-state index contributed by atoms with van der Waals surface area (Å²) in [6.07, 6.45) is 1.65. The predicted octanol–water partition coefficient (Wildman–Crippen LogP) is 4.03. The molecule has 0 spiro atoms. The predicted molar refractivity (Wildman–Crippen MR) is 125 cm³/mol. The molecule has 3 rings (SSSR count). The number of amides is 2. The molecule has 3 aromatic rings. The van der Waals surface area contributed by atoms with Crippen molar-refractivity contribution in [2.24, 2.45) is 0 Å². The molecular formula is C21H16N4O6S2. The first kappa shape index (κ1) is 23.6. The Kier molecular flexibility index (Phi) is 7.89. The third kappa shape index (κ3) is 7.26. The van der Waals surface area contributed by atoms with Crippen molar-refractivity contribution < 1.29 is 24.4 Å². The Morgan fingerprint density at radius 2 is 1.91 bits per heavy atom. The molecular weight excluding hydrogens is 468 g/mol. The first-order chi connectivity index (χ1) is 15.8. The molecule has 0 fully saturated rings. The molecule has 12 heteroatoms. The maximum Gasteiger partial charge on any atom is 0.328 e. The SMILES string of the molecule is O=C(O)/C=C/C(=O)Nc1cccc(SCC(=O)Nc2nc(-c3cccc([N+](=O)[O-])c3)cs2)c1. The Morgan fingerprint density at radius 3 is 2.67 bits per heavy atom. The average molecular weight is 485 g/mol. The molecule has 0 atom stereocenters. The van der Waals surface area contributed by atoms with Crippen molar-refractivity contribution >= 4 is 57.4 Å². The number of carboxylic acid groups (broad SMARTS) is 1. The lowest BCUT2D eigenvalue weighted by Crippen LogP contribution is -2.13. The minimum atomic E-state index is -1.22. The van der Waals surface area contributed by atoms with E-state index < -0.39 is 16.8 Å². The van der Waals surface area contributed by atoms with Gasteiger partial charge in [-0.3, -0.25) is 19.7 Å². The first-order valence-electron chi connectivity index (χ1n) is 9.25. The zero-order chi connectivity index (χ0) is 23.8. The Labute approximate surface area is 195 Å². The van der Waals surface area contributed by atoms with Crippen LogP contribution >= 0.6 is 23.1 Å². The molecule has 0 unspecified atom stereocenters. The van der Waals surface area contributed by atoms with Crippen molar-refractivity contribution in [2.75, 3.05) is 16.4 Å². The summed E-state index contributed by atoms with van der Waals surface area (Å²) in [5.74, 6) is -2.01. The van der Waals surface area contributed by atoms with E-state index in [1.807, 2.05) is 0 Å². The van der Waals surface area contributed by atoms with Crippen molar-refractivity contribution in [2.45, 2.75) is 4.90 Å². The Balaban J connectivity index is 1.55. The van der Waals surface area contributed by atoms with Crippen molar-refractivity contribution in [1.82, 2.24) is 4.98 Å². The van der Waals surface area contributed by atoms with Crippen LogP contribution in [0.1, 0.15) is 0 Å². The molecule has 1 aromatic heterocycles. The topological polar surface area (TPSA) is 152 Å². The number of thiazole rings is 1. The van der Waals surface area contributed by atoms with Crippen molar-refractivity contribution in [3.63, 3.8) is 0 Å². The fourth-order valence-corrected chi connectivity index (χ4v) is 4.03. The van der Waals surface area contributed by atoms with Crippen LogP contribution in [0, 0.1) is 10.1 Å². The van der Waals surface area contributed by atoms with Gasteiger partial charge in [-0.1, -0.05) is 18.2 Å². The number of benzene rings is 2. The van der Waals surface area contributed by atoms with Crippen LogP contribution in [-0.2, 0) is 14.4 Å². The van der Waals surface area contributed by atoms with E-state index in [9.17, 15) is 24.5 Å². The summed E-state index contributed by atoms with van der Waals surface area (Å²) < 4.78 is 0. The summed E-state index contributed by atoms with van der Waals surface area (Å²) in [7, 11) is 0. The third-order valence-electron chi connectivity index (χ3n) is 3.95. The number of aliphatic carboxylic acids is 1. The van der Waals surface area contributed by atoms with Crippen molar-refractivity contribution in [3.8, 4) is 11.3 Å². The number of nitro groups is 1. The maximum absolute atomic E-state index is 12.3. The number of anilines is 2. The number of rotatable bonds is 9. The monoisotopic (exact) mass is 484 g/mol. The number of hydrogen-bond donors (Lipinski definition) is 3. The molecule has 2 aromatic carbocycles. The number of hydrogen-bond acceptors (Lipinski definition) is 8. The van der Waals surface area contributed by atoms with Gasteiger partial charge in [0.1, 0.15) is 0 Å². The Hall–Kier alpha value is -4.03. The smallest absolute Gasteiger partial charge is 0.328 e. The second kappa shape index (κ2) is 11.0. The van der Waals surface area contributed by atoms with E-state index in [2.05, 4.69) is 15.6 Å². The number of carbonyl (C=O) groups is 3. The molecule has 0 radical (unpaired) electrons. The molecule has 3 N–H and O–H groups in total. The first-order valence-corrected chi connectivity index (χ1v) is 11.1. The lowest BCUT2D eigenvalue weighted by molar-refractivity contribution is -0.384. The van der Waals surface area contributed by atoms with Crippen LogP contribution < -0.4 is 10.6 Å². The van der Waals surface area contributed by atoms with Gasteiger partial charge in [0, 0.05) is 45.8 Å². The summed E-state index contributed by atoms with van der Waals surface area (Å²) in [6, 6.07) is 12.8. The van der Waals surface area contributed by atoms with E-state index in [0.717, 1.165) is 17.0 Å². The fraction of sp³-hybridized carbons (Fsp3) is 0.0476. The van der Waals surface area contributed by atoms with Gasteiger partial charge in [-0.2, -0.15) is 0 Å². The van der Waals surface area contributed by atoms with Gasteiger partial charge >= 0.3 is 5.97 Å². The quantitative estimate of drug-likeness (QED) is 0.178. The van der Waals surface area contributed by atoms with Crippen LogP contribution in [0.3, 0.4) is 0 Å². The number of aromatic nitrogens is 1. The zero-order valence-corrected chi connectivity index (χ0v) is 18.4. The number of nitrogens with zero attached hydrogens (tertiary/aromatic N) is 2. The van der Waals surface area contributed by atoms with E-state index in [4.69, 9.17) is 5.11 Å². The summed E-state index contributed by atoms with van der Waals surface area (Å²) in [5.41, 5.74) is 1.51. The highest BCUT2D eigenvalue weighted by Crippen LogP contribution is 2.28. The Bertz CT molecular complexity index is 1240. The molecule has 0 aliphatic rings. The largest absolute Gasteiger partial charge is 0.478 e. The molecule has 168 valence electrons. The fourth-order valence-electron chi connectivity index (χ4n) is 2.54. The van der Waals surface area contributed by atoms with E-state index in [1.165, 1.54) is 35.2 Å². The highest BCUT2D eigenvalue weighted by molar-refractivity contribution is 8.00. The summed E-state index contributed by atoms with van der Waals surface area (Å²) in [6.45, 7) is 0. The average Bonchev–Trinajstić information content (AvgIpc) is 3.25. The minimum Gasteiger partial charge on any atom is -0.478 e. The number of carbonyl (C=O) groups excluding carboxylic acids is 2. The van der Waals surface area contributed by atoms with E-state index in [1.54, 1.807) is 41.8 Å². The van der Waals surface area contributed by atoms with Gasteiger partial charge in [-0.15, -0.1) is 23.1 Å². The maximum atomic E-state index is 12.3. The van der Waals surface area contributed by atoms with Gasteiger partial charge in [0.05, 0.1) is 16.4 Å². The van der Waals surface area contributed by atoms with Crippen LogP contribution in [0.15, 0.2) is 71.0 Å². The van der Waals surface area contributed by atoms with Gasteiger partial charge in [0.2, 0.25) is 11.8 Å². The molecule has 2 amide bonds. The number of non-ortho nitro benzene ring substituents is 1. The second-order valence-electron chi connectivity index (χ2n) is 6.37. The molecule has 0 aliphatic carbocycles. The number of nitrogens with one attached hydrogen (secondary N) is 2. The zero-order valence-electron chi connectivity index (χ0n) is 16.8. The van der Waals surface area contributed by atoms with E-state index in [-0.39, 0.29) is 17.3 Å². The third-order valence-corrected chi connectivity index (χ3v) is 5.70. The minimum absolute atomic E-state index is 0.0428. The van der Waals surface area contributed by atoms with Crippen molar-refractivity contribution in [3.05, 3.63) is 76.2 Å². The highest BCUT2D eigenvalue weighted by atomic mass is 32.2. The standard InChI is InChI=1S/C21H16N4O6S2/c26-18(7-8-20(28)29)22-14-4-2-6-16(10-14)32-12-19(27)24-21-23-17(11-33-21)13-3-1-5-15(9-13)25(30)31/h1-11H,12H2,(H,22,26)(H,28,29)(H,23,24,27)/b8-7+. The van der Waals surface area contributed by atoms with Gasteiger partial charge in [-0.05, 0) is 18.2 Å². The molecule has 33 heavy (non-hydrogen) atoms. The summed E-state index contributed by atoms with van der Waals surface area (Å²) in [5, 5.41) is 26.8. The van der Waals surface area contributed by atoms with E-state index in [0.29, 0.717) is 22.1 Å². The van der Waals surface area contributed by atoms with Crippen LogP contribution in [0.5, 0.6) is 0 Å². The van der Waals surface area contributed by atoms with E-state index >= 15 is 0 Å². The van der Waals surface area contributed by atoms with Crippen LogP contribution in [0.2, 0.25) is 0 Å². The number of nitro benzene ring substituents is 1. The molecule has 0 aliphatic heterocycles. The molecule has 0 saturated carbocycles. The number of thioether (sulfide) groups is 1.